The zero-order chi connectivity index (χ0) is 37.6. The molecule has 6 fully saturated rings. The molecule has 0 N–H and O–H groups in total. The second-order valence-corrected chi connectivity index (χ2v) is 14.8. The van der Waals surface area contributed by atoms with Crippen LogP contribution in [0.4, 0.5) is 0 Å². The van der Waals surface area contributed by atoms with Gasteiger partial charge in [-0.05, 0) is 0 Å². The Morgan fingerprint density at radius 2 is 0.625 bits per heavy atom. The monoisotopic (exact) mass is 758 g/mol. The van der Waals surface area contributed by atoms with E-state index in [1.165, 1.54) is 12.2 Å². The lowest BCUT2D eigenvalue weighted by molar-refractivity contribution is -0.278. The Balaban J connectivity index is 0.896. The Morgan fingerprint density at radius 3 is 0.857 bits per heavy atom. The van der Waals surface area contributed by atoms with Gasteiger partial charge in [0.25, 0.3) is 0 Å². The number of rotatable bonds is 6. The first kappa shape index (κ1) is 35.6. The van der Waals surface area contributed by atoms with Crippen LogP contribution in [0.5, 0.6) is 0 Å². The van der Waals surface area contributed by atoms with Crippen LogP contribution in [0, 0.1) is 0 Å². The van der Waals surface area contributed by atoms with E-state index < -0.39 is 73.7 Å². The Hall–Kier alpha value is -4.76. The summed E-state index contributed by atoms with van der Waals surface area (Å²) in [6.07, 6.45) is -1.81. The van der Waals surface area contributed by atoms with Gasteiger partial charge in [-0.3, -0.25) is 9.59 Å². The van der Waals surface area contributed by atoms with Crippen molar-refractivity contribution < 1.29 is 47.5 Å². The fraction of sp³-hybridized carbons (Fsp3) is 0.364. The van der Waals surface area contributed by atoms with E-state index in [0.717, 1.165) is 22.3 Å². The normalized spacial score (nSPS) is 35.0. The quantitative estimate of drug-likeness (QED) is 0.245. The largest absolute Gasteiger partial charge is 0.346 e. The number of amides is 2. The molecule has 0 bridgehead atoms. The number of nitrogens with zero attached hydrogens (tertiary/aromatic N) is 2. The highest BCUT2D eigenvalue weighted by Crippen LogP contribution is 2.45. The number of ether oxygens (including phenoxy) is 8. The van der Waals surface area contributed by atoms with Gasteiger partial charge in [-0.1, -0.05) is 121 Å². The maximum absolute atomic E-state index is 14.3. The fourth-order valence-corrected chi connectivity index (χ4v) is 8.95. The van der Waals surface area contributed by atoms with E-state index >= 15 is 0 Å². The van der Waals surface area contributed by atoms with Gasteiger partial charge in [0.1, 0.15) is 24.4 Å². The molecule has 12 nitrogen and oxygen atoms in total. The SMILES string of the molecule is O=C(/C=C/C(=O)N1[C@H]2CO[C@@H](c3ccccc3)O[C@H]2[C@@H]2O[C@H](c3ccccc3)OC[C@@H]21)N1[C@H]2CO[C@@H](c3ccccc3)O[C@H]2[C@@H]2O[C@H](c3ccccc3)OC[C@@H]21. The van der Waals surface area contributed by atoms with Crippen LogP contribution in [-0.2, 0) is 47.5 Å². The highest BCUT2D eigenvalue weighted by molar-refractivity contribution is 5.97. The topological polar surface area (TPSA) is 114 Å². The molecule has 56 heavy (non-hydrogen) atoms. The van der Waals surface area contributed by atoms with E-state index in [1.807, 2.05) is 121 Å². The Kier molecular flexibility index (Phi) is 9.73. The molecule has 2 amide bonds. The number of fused-ring (bicyclic) bond motifs is 6. The zero-order valence-electron chi connectivity index (χ0n) is 30.4. The van der Waals surface area contributed by atoms with Gasteiger partial charge in [0, 0.05) is 34.4 Å². The van der Waals surface area contributed by atoms with Crippen molar-refractivity contribution in [2.45, 2.75) is 73.7 Å². The third-order valence-electron chi connectivity index (χ3n) is 11.6. The molecule has 12 heteroatoms. The third kappa shape index (κ3) is 6.55. The van der Waals surface area contributed by atoms with E-state index in [4.69, 9.17) is 37.9 Å². The number of benzene rings is 4. The standard InChI is InChI=1S/C44H42N2O10/c47-35(45-31-23-49-41(27-13-5-1-6-14-27)53-37(31)38-32(45)24-50-42(54-38)28-15-7-2-8-16-28)21-22-36(48)46-33-25-51-43(29-17-9-3-10-18-29)55-39(33)40-34(46)26-52-44(56-40)30-19-11-4-12-20-30/h1-22,31-34,37-44H,23-26H2/b22-21+/t31-,32-,33-,34-,37+,38+,39+,40+,41+,42+,43+,44+/m0/s1. The zero-order valence-corrected chi connectivity index (χ0v) is 30.4. The minimum Gasteiger partial charge on any atom is -0.346 e. The number of hydrogen-bond donors (Lipinski definition) is 0. The van der Waals surface area contributed by atoms with Crippen molar-refractivity contribution in [3.63, 3.8) is 0 Å². The van der Waals surface area contributed by atoms with Gasteiger partial charge in [0.15, 0.2) is 25.2 Å². The Bertz CT molecular complexity index is 1750. The Morgan fingerprint density at radius 1 is 0.393 bits per heavy atom. The third-order valence-corrected chi connectivity index (χ3v) is 11.6. The van der Waals surface area contributed by atoms with Crippen molar-refractivity contribution in [1.82, 2.24) is 9.80 Å². The number of likely N-dealkylation sites (tertiary alicyclic amines) is 2. The molecular formula is C44H42N2O10. The van der Waals surface area contributed by atoms with Gasteiger partial charge < -0.3 is 47.7 Å². The molecule has 0 spiro atoms. The average Bonchev–Trinajstić information content (AvgIpc) is 3.78. The predicted octanol–water partition coefficient (Wildman–Crippen LogP) is 5.16. The molecule has 6 saturated heterocycles. The maximum atomic E-state index is 14.3. The van der Waals surface area contributed by atoms with E-state index in [9.17, 15) is 9.59 Å². The molecule has 0 saturated carbocycles. The highest BCUT2D eigenvalue weighted by atomic mass is 16.7. The summed E-state index contributed by atoms with van der Waals surface area (Å²) < 4.78 is 51.2. The minimum atomic E-state index is -0.620. The summed E-state index contributed by atoms with van der Waals surface area (Å²) in [7, 11) is 0. The summed E-state index contributed by atoms with van der Waals surface area (Å²) in [6.45, 7) is 0.882. The number of carbonyl (C=O) groups is 2. The molecule has 6 aliphatic rings. The molecule has 0 aromatic heterocycles. The van der Waals surface area contributed by atoms with E-state index in [2.05, 4.69) is 0 Å². The summed E-state index contributed by atoms with van der Waals surface area (Å²) >= 11 is 0. The lowest BCUT2D eigenvalue weighted by Gasteiger charge is -2.37. The van der Waals surface area contributed by atoms with Gasteiger partial charge >= 0.3 is 0 Å². The number of carbonyl (C=O) groups excluding carboxylic acids is 2. The average molecular weight is 759 g/mol. The van der Waals surface area contributed by atoms with Crippen LogP contribution < -0.4 is 0 Å². The van der Waals surface area contributed by atoms with Crippen molar-refractivity contribution in [2.24, 2.45) is 0 Å². The minimum absolute atomic E-state index is 0.221. The molecular weight excluding hydrogens is 716 g/mol. The molecule has 0 aliphatic carbocycles. The van der Waals surface area contributed by atoms with Crippen molar-refractivity contribution in [1.29, 1.82) is 0 Å². The van der Waals surface area contributed by atoms with E-state index in [0.29, 0.717) is 0 Å². The molecule has 12 atom stereocenters. The molecule has 6 aliphatic heterocycles. The van der Waals surface area contributed by atoms with Crippen LogP contribution in [-0.4, -0.2) is 96.6 Å². The van der Waals surface area contributed by atoms with Crippen molar-refractivity contribution in [3.05, 3.63) is 156 Å². The van der Waals surface area contributed by atoms with Gasteiger partial charge in [-0.25, -0.2) is 0 Å². The van der Waals surface area contributed by atoms with Crippen LogP contribution in [0.1, 0.15) is 47.4 Å². The van der Waals surface area contributed by atoms with Crippen LogP contribution in [0.15, 0.2) is 133 Å². The first-order valence-corrected chi connectivity index (χ1v) is 19.2. The second kappa shape index (κ2) is 15.3. The summed E-state index contributed by atoms with van der Waals surface area (Å²) in [5.74, 6) is -0.742. The lowest BCUT2D eigenvalue weighted by atomic mass is 10.0. The lowest BCUT2D eigenvalue weighted by Crippen LogP contribution is -2.50. The first-order chi connectivity index (χ1) is 27.6. The van der Waals surface area contributed by atoms with Gasteiger partial charge in [-0.15, -0.1) is 0 Å². The van der Waals surface area contributed by atoms with Gasteiger partial charge in [-0.2, -0.15) is 0 Å². The molecule has 4 aromatic rings. The summed E-state index contributed by atoms with van der Waals surface area (Å²) in [5, 5.41) is 0. The number of hydrogen-bond acceptors (Lipinski definition) is 10. The van der Waals surface area contributed by atoms with E-state index in [-0.39, 0.29) is 38.2 Å². The van der Waals surface area contributed by atoms with Crippen molar-refractivity contribution in [3.8, 4) is 0 Å². The fourth-order valence-electron chi connectivity index (χ4n) is 8.95. The molecule has 288 valence electrons. The van der Waals surface area contributed by atoms with Crippen molar-refractivity contribution >= 4 is 11.8 Å². The highest BCUT2D eigenvalue weighted by Gasteiger charge is 2.59. The van der Waals surface area contributed by atoms with E-state index in [1.54, 1.807) is 9.80 Å². The van der Waals surface area contributed by atoms with Gasteiger partial charge in [0.2, 0.25) is 11.8 Å². The van der Waals surface area contributed by atoms with Crippen LogP contribution in [0.25, 0.3) is 0 Å². The van der Waals surface area contributed by atoms with Crippen molar-refractivity contribution in [2.75, 3.05) is 26.4 Å². The van der Waals surface area contributed by atoms with Crippen LogP contribution >= 0.6 is 0 Å². The van der Waals surface area contributed by atoms with Crippen LogP contribution in [0.3, 0.4) is 0 Å². The molecule has 0 radical (unpaired) electrons. The smallest absolute Gasteiger partial charge is 0.247 e. The first-order valence-electron chi connectivity index (χ1n) is 19.2. The second-order valence-electron chi connectivity index (χ2n) is 14.8. The molecule has 0 unspecified atom stereocenters. The van der Waals surface area contributed by atoms with Crippen LogP contribution in [0.2, 0.25) is 0 Å². The Labute approximate surface area is 324 Å². The molecule has 4 aromatic carbocycles. The predicted molar refractivity (Wildman–Crippen MR) is 198 cm³/mol. The molecule has 6 heterocycles. The van der Waals surface area contributed by atoms with Gasteiger partial charge in [0.05, 0.1) is 50.6 Å². The summed E-state index contributed by atoms with van der Waals surface area (Å²) in [6, 6.07) is 37.0. The summed E-state index contributed by atoms with van der Waals surface area (Å²) in [4.78, 5) is 32.0. The molecule has 10 rings (SSSR count). The summed E-state index contributed by atoms with van der Waals surface area (Å²) in [5.41, 5.74) is 3.51. The maximum Gasteiger partial charge on any atom is 0.247 e.